The van der Waals surface area contributed by atoms with Crippen molar-refractivity contribution in [3.05, 3.63) is 23.5 Å². The van der Waals surface area contributed by atoms with Crippen molar-refractivity contribution >= 4 is 11.9 Å². The van der Waals surface area contributed by atoms with Gasteiger partial charge < -0.3 is 19.7 Å². The second kappa shape index (κ2) is 9.44. The predicted octanol–water partition coefficient (Wildman–Crippen LogP) is 3.65. The summed E-state index contributed by atoms with van der Waals surface area (Å²) in [5.41, 5.74) is 0.929. The van der Waals surface area contributed by atoms with Gasteiger partial charge in [-0.25, -0.2) is 22.6 Å². The van der Waals surface area contributed by atoms with Crippen LogP contribution in [0.4, 0.5) is 23.8 Å². The molecule has 2 aliphatic rings. The number of nitrogens with zero attached hydrogens (tertiary/aromatic N) is 5. The van der Waals surface area contributed by atoms with Gasteiger partial charge >= 0.3 is 6.09 Å². The second-order valence-corrected chi connectivity index (χ2v) is 8.35. The molecular weight excluding hydrogens is 441 g/mol. The van der Waals surface area contributed by atoms with Crippen LogP contribution in [0.5, 0.6) is 5.88 Å². The van der Waals surface area contributed by atoms with E-state index in [2.05, 4.69) is 20.4 Å². The number of amides is 1. The highest BCUT2D eigenvalue weighted by atomic mass is 19.3. The fourth-order valence-electron chi connectivity index (χ4n) is 3.82. The number of carbonyl (C=O) groups is 1. The molecule has 1 aliphatic carbocycles. The number of aromatic nitrogens is 4. The van der Waals surface area contributed by atoms with E-state index in [1.807, 2.05) is 0 Å². The predicted molar refractivity (Wildman–Crippen MR) is 113 cm³/mol. The molecule has 0 radical (unpaired) electrons. The van der Waals surface area contributed by atoms with E-state index in [0.29, 0.717) is 43.9 Å². The largest absolute Gasteiger partial charge is 0.470 e. The van der Waals surface area contributed by atoms with Gasteiger partial charge in [-0.1, -0.05) is 0 Å². The molecule has 0 bridgehead atoms. The summed E-state index contributed by atoms with van der Waals surface area (Å²) in [5, 5.41) is 7.37. The molecule has 12 heteroatoms. The number of ether oxygens (including phenoxy) is 2. The number of likely N-dealkylation sites (tertiary alicyclic amines) is 1. The van der Waals surface area contributed by atoms with Crippen LogP contribution in [0.1, 0.15) is 43.9 Å². The molecule has 0 aromatic carbocycles. The van der Waals surface area contributed by atoms with Gasteiger partial charge in [0.2, 0.25) is 11.8 Å². The maximum absolute atomic E-state index is 13.5. The number of halogens is 3. The number of rotatable bonds is 7. The van der Waals surface area contributed by atoms with Crippen LogP contribution in [0.25, 0.3) is 5.95 Å². The molecule has 33 heavy (non-hydrogen) atoms. The van der Waals surface area contributed by atoms with Gasteiger partial charge in [-0.15, -0.1) is 0 Å². The standard InChI is InChI=1S/C21H27F3N6O3/c1-3-32-20(31)29-11-15(12-29)33-18-8-17(25-14-4-6-21(23,24)7-5-14)26-19(27-18)30-10-13(2)16(9-22)28-30/h8,10,14-15H,3-7,9,11-12H2,1-2H3,(H,25,26,27). The second-order valence-electron chi connectivity index (χ2n) is 8.35. The molecule has 1 saturated heterocycles. The van der Waals surface area contributed by atoms with E-state index in [4.69, 9.17) is 9.47 Å². The van der Waals surface area contributed by atoms with E-state index in [-0.39, 0.29) is 42.5 Å². The SMILES string of the molecule is CCOC(=O)N1CC(Oc2cc(NC3CCC(F)(F)CC3)nc(-n3cc(C)c(CF)n3)n2)C1. The first-order chi connectivity index (χ1) is 15.8. The molecule has 180 valence electrons. The highest BCUT2D eigenvalue weighted by molar-refractivity contribution is 5.68. The molecule has 0 spiro atoms. The van der Waals surface area contributed by atoms with Crippen molar-refractivity contribution in [2.24, 2.45) is 0 Å². The van der Waals surface area contributed by atoms with Crippen LogP contribution in [0.2, 0.25) is 0 Å². The van der Waals surface area contributed by atoms with E-state index >= 15 is 0 Å². The fourth-order valence-corrected chi connectivity index (χ4v) is 3.82. The summed E-state index contributed by atoms with van der Waals surface area (Å²) in [6.07, 6.45) is 1.19. The highest BCUT2D eigenvalue weighted by Gasteiger charge is 2.36. The molecule has 1 amide bonds. The van der Waals surface area contributed by atoms with Crippen molar-refractivity contribution < 1.29 is 27.4 Å². The molecule has 0 unspecified atom stereocenters. The summed E-state index contributed by atoms with van der Waals surface area (Å²) in [6, 6.07) is 1.43. The van der Waals surface area contributed by atoms with Gasteiger partial charge in [0.05, 0.1) is 25.4 Å². The Morgan fingerprint density at radius 2 is 2.00 bits per heavy atom. The number of aryl methyl sites for hydroxylation is 1. The Morgan fingerprint density at radius 3 is 2.64 bits per heavy atom. The highest BCUT2D eigenvalue weighted by Crippen LogP contribution is 2.34. The zero-order valence-corrected chi connectivity index (χ0v) is 18.6. The lowest BCUT2D eigenvalue weighted by Crippen LogP contribution is -2.56. The normalized spacial score (nSPS) is 18.6. The Bertz CT molecular complexity index is 986. The minimum Gasteiger partial charge on any atom is -0.470 e. The Morgan fingerprint density at radius 1 is 1.27 bits per heavy atom. The first-order valence-electron chi connectivity index (χ1n) is 11.0. The van der Waals surface area contributed by atoms with Crippen molar-refractivity contribution in [2.45, 2.75) is 64.3 Å². The van der Waals surface area contributed by atoms with Crippen molar-refractivity contribution in [2.75, 3.05) is 25.0 Å². The maximum atomic E-state index is 13.5. The van der Waals surface area contributed by atoms with Crippen LogP contribution in [0.3, 0.4) is 0 Å². The lowest BCUT2D eigenvalue weighted by Gasteiger charge is -2.37. The van der Waals surface area contributed by atoms with Gasteiger partial charge in [0, 0.05) is 31.1 Å². The summed E-state index contributed by atoms with van der Waals surface area (Å²) in [7, 11) is 0. The van der Waals surface area contributed by atoms with Crippen molar-refractivity contribution in [1.82, 2.24) is 24.6 Å². The van der Waals surface area contributed by atoms with Crippen molar-refractivity contribution in [3.63, 3.8) is 0 Å². The van der Waals surface area contributed by atoms with E-state index in [1.54, 1.807) is 26.1 Å². The summed E-state index contributed by atoms with van der Waals surface area (Å²) < 4.78 is 52.4. The van der Waals surface area contributed by atoms with Gasteiger partial charge in [0.1, 0.15) is 18.6 Å². The Balaban J connectivity index is 1.51. The smallest absolute Gasteiger partial charge is 0.410 e. The van der Waals surface area contributed by atoms with Crippen LogP contribution in [-0.4, -0.2) is 68.5 Å². The van der Waals surface area contributed by atoms with Crippen LogP contribution in [0.15, 0.2) is 12.3 Å². The lowest BCUT2D eigenvalue weighted by atomic mass is 9.92. The van der Waals surface area contributed by atoms with Gasteiger partial charge in [0.25, 0.3) is 5.95 Å². The minimum absolute atomic E-state index is 0.163. The number of anilines is 1. The van der Waals surface area contributed by atoms with Crippen molar-refractivity contribution in [3.8, 4) is 11.8 Å². The average molecular weight is 468 g/mol. The third-order valence-electron chi connectivity index (χ3n) is 5.75. The van der Waals surface area contributed by atoms with Gasteiger partial charge in [0.15, 0.2) is 0 Å². The zero-order valence-electron chi connectivity index (χ0n) is 18.6. The Hall–Kier alpha value is -3.05. The third-order valence-corrected chi connectivity index (χ3v) is 5.75. The lowest BCUT2D eigenvalue weighted by molar-refractivity contribution is -0.0361. The number of nitrogens with one attached hydrogen (secondary N) is 1. The topological polar surface area (TPSA) is 94.4 Å². The molecule has 9 nitrogen and oxygen atoms in total. The molecule has 1 saturated carbocycles. The third kappa shape index (κ3) is 5.48. The molecule has 2 aromatic rings. The van der Waals surface area contributed by atoms with Crippen LogP contribution < -0.4 is 10.1 Å². The molecule has 2 aromatic heterocycles. The maximum Gasteiger partial charge on any atom is 0.410 e. The average Bonchev–Trinajstić information content (AvgIpc) is 3.13. The molecule has 1 aliphatic heterocycles. The Kier molecular flexibility index (Phi) is 6.61. The molecule has 1 N–H and O–H groups in total. The monoisotopic (exact) mass is 468 g/mol. The van der Waals surface area contributed by atoms with Gasteiger partial charge in [-0.3, -0.25) is 0 Å². The quantitative estimate of drug-likeness (QED) is 0.663. The molecule has 3 heterocycles. The summed E-state index contributed by atoms with van der Waals surface area (Å²) in [6.45, 7) is 3.75. The van der Waals surface area contributed by atoms with E-state index < -0.39 is 18.7 Å². The summed E-state index contributed by atoms with van der Waals surface area (Å²) in [5.74, 6) is -1.82. The first kappa shape index (κ1) is 23.1. The van der Waals surface area contributed by atoms with Crippen molar-refractivity contribution in [1.29, 1.82) is 0 Å². The fraction of sp³-hybridized carbons (Fsp3) is 0.619. The zero-order chi connectivity index (χ0) is 23.6. The summed E-state index contributed by atoms with van der Waals surface area (Å²) in [4.78, 5) is 22.1. The molecular formula is C21H27F3N6O3. The number of hydrogen-bond acceptors (Lipinski definition) is 7. The first-order valence-corrected chi connectivity index (χ1v) is 11.0. The number of carbonyl (C=O) groups excluding carboxylic acids is 1. The van der Waals surface area contributed by atoms with E-state index in [0.717, 1.165) is 0 Å². The van der Waals surface area contributed by atoms with E-state index in [9.17, 15) is 18.0 Å². The van der Waals surface area contributed by atoms with Gasteiger partial charge in [-0.05, 0) is 32.3 Å². The molecule has 4 rings (SSSR count). The van der Waals surface area contributed by atoms with E-state index in [1.165, 1.54) is 9.58 Å². The molecule has 0 atom stereocenters. The number of hydrogen-bond donors (Lipinski definition) is 1. The molecule has 2 fully saturated rings. The van der Waals surface area contributed by atoms with Crippen LogP contribution >= 0.6 is 0 Å². The minimum atomic E-state index is -2.63. The van der Waals surface area contributed by atoms with Gasteiger partial charge in [-0.2, -0.15) is 15.1 Å². The van der Waals surface area contributed by atoms with Crippen LogP contribution in [0, 0.1) is 6.92 Å². The summed E-state index contributed by atoms with van der Waals surface area (Å²) >= 11 is 0. The Labute approximate surface area is 189 Å². The van der Waals surface area contributed by atoms with Crippen LogP contribution in [-0.2, 0) is 11.4 Å². The number of alkyl halides is 3.